The van der Waals surface area contributed by atoms with Crippen molar-refractivity contribution in [2.45, 2.75) is 36.6 Å². The third kappa shape index (κ3) is 2.77. The van der Waals surface area contributed by atoms with Crippen LogP contribution in [-0.4, -0.2) is 26.8 Å². The number of carbonyl (C=O) groups excluding carboxylic acids is 1. The molecule has 2 aliphatic rings. The summed E-state index contributed by atoms with van der Waals surface area (Å²) in [5.74, 6) is 2.40. The molecule has 28 heavy (non-hydrogen) atoms. The minimum absolute atomic E-state index is 0.0452. The van der Waals surface area contributed by atoms with Gasteiger partial charge in [0.1, 0.15) is 17.6 Å². The summed E-state index contributed by atoms with van der Waals surface area (Å²) in [6.45, 7) is 1.87. The Morgan fingerprint density at radius 2 is 2.04 bits per heavy atom. The minimum Gasteiger partial charge on any atom is -0.469 e. The van der Waals surface area contributed by atoms with Crippen LogP contribution in [0.3, 0.4) is 0 Å². The van der Waals surface area contributed by atoms with Gasteiger partial charge >= 0.3 is 0 Å². The monoisotopic (exact) mass is 392 g/mol. The molecular formula is C21H20N4O2S. The van der Waals surface area contributed by atoms with Crippen LogP contribution in [0.15, 0.2) is 63.2 Å². The van der Waals surface area contributed by atoms with Crippen LogP contribution in [-0.2, 0) is 4.79 Å². The molecule has 1 N–H and O–H groups in total. The van der Waals surface area contributed by atoms with Gasteiger partial charge < -0.3 is 9.73 Å². The van der Waals surface area contributed by atoms with E-state index in [0.717, 1.165) is 29.0 Å². The predicted molar refractivity (Wildman–Crippen MR) is 107 cm³/mol. The van der Waals surface area contributed by atoms with Gasteiger partial charge in [0.05, 0.1) is 6.26 Å². The second-order valence-electron chi connectivity index (χ2n) is 7.16. The number of aryl methyl sites for hydroxylation is 1. The lowest BCUT2D eigenvalue weighted by Gasteiger charge is -2.34. The van der Waals surface area contributed by atoms with Crippen molar-refractivity contribution >= 4 is 23.5 Å². The Morgan fingerprint density at radius 3 is 2.75 bits per heavy atom. The van der Waals surface area contributed by atoms with Gasteiger partial charge in [0.2, 0.25) is 5.95 Å². The van der Waals surface area contributed by atoms with Crippen molar-refractivity contribution < 1.29 is 9.21 Å². The zero-order chi connectivity index (χ0) is 19.3. The highest BCUT2D eigenvalue weighted by Gasteiger charge is 2.40. The van der Waals surface area contributed by atoms with Gasteiger partial charge in [-0.3, -0.25) is 4.79 Å². The van der Waals surface area contributed by atoms with Gasteiger partial charge in [-0.2, -0.15) is 10.1 Å². The summed E-state index contributed by atoms with van der Waals surface area (Å²) in [5, 5.41) is 7.95. The van der Waals surface area contributed by atoms with Crippen LogP contribution in [0.1, 0.15) is 41.9 Å². The van der Waals surface area contributed by atoms with Gasteiger partial charge in [-0.15, -0.1) is 11.8 Å². The summed E-state index contributed by atoms with van der Waals surface area (Å²) in [6.07, 6.45) is 4.88. The predicted octanol–water partition coefficient (Wildman–Crippen LogP) is 4.32. The number of fused-ring (bicyclic) bond motifs is 1. The lowest BCUT2D eigenvalue weighted by molar-refractivity contribution is -0.117. The number of rotatable bonds is 3. The number of benzene rings is 1. The Hall–Kier alpha value is -2.80. The second kappa shape index (κ2) is 6.67. The van der Waals surface area contributed by atoms with Crippen LogP contribution in [0.2, 0.25) is 0 Å². The number of aromatic nitrogens is 3. The summed E-state index contributed by atoms with van der Waals surface area (Å²) in [5.41, 5.74) is 2.76. The van der Waals surface area contributed by atoms with Crippen molar-refractivity contribution in [3.05, 3.63) is 71.1 Å². The van der Waals surface area contributed by atoms with Crippen LogP contribution in [0.5, 0.6) is 0 Å². The fraction of sp³-hybridized carbons (Fsp3) is 0.286. The molecule has 2 atom stereocenters. The van der Waals surface area contributed by atoms with Crippen molar-refractivity contribution in [3.8, 4) is 0 Å². The zero-order valence-corrected chi connectivity index (χ0v) is 16.5. The van der Waals surface area contributed by atoms with E-state index in [4.69, 9.17) is 4.42 Å². The molecule has 0 spiro atoms. The normalized spacial score (nSPS) is 21.3. The molecule has 0 unspecified atom stereocenters. The molecule has 5 rings (SSSR count). The van der Waals surface area contributed by atoms with E-state index in [1.54, 1.807) is 18.0 Å². The van der Waals surface area contributed by atoms with Crippen molar-refractivity contribution in [3.63, 3.8) is 0 Å². The van der Waals surface area contributed by atoms with Crippen molar-refractivity contribution in [1.82, 2.24) is 14.8 Å². The van der Waals surface area contributed by atoms with Crippen LogP contribution in [0.4, 0.5) is 5.95 Å². The minimum atomic E-state index is -0.256. The van der Waals surface area contributed by atoms with Gasteiger partial charge in [0, 0.05) is 28.5 Å². The maximum atomic E-state index is 13.3. The Morgan fingerprint density at radius 1 is 1.21 bits per heavy atom. The van der Waals surface area contributed by atoms with E-state index in [-0.39, 0.29) is 17.7 Å². The number of furan rings is 1. The van der Waals surface area contributed by atoms with Crippen LogP contribution < -0.4 is 5.32 Å². The molecule has 7 heteroatoms. The van der Waals surface area contributed by atoms with Gasteiger partial charge in [-0.1, -0.05) is 12.1 Å². The molecule has 0 fully saturated rings. The van der Waals surface area contributed by atoms with Crippen molar-refractivity contribution in [1.29, 1.82) is 0 Å². The number of ketones is 1. The molecule has 1 aromatic carbocycles. The van der Waals surface area contributed by atoms with Gasteiger partial charge in [0.15, 0.2) is 5.78 Å². The highest BCUT2D eigenvalue weighted by atomic mass is 32.2. The molecule has 142 valence electrons. The number of allylic oxidation sites excluding steroid dienone is 2. The molecule has 0 saturated carbocycles. The number of nitrogens with zero attached hydrogens (tertiary/aromatic N) is 3. The number of anilines is 1. The molecule has 1 aliphatic carbocycles. The molecule has 0 bridgehead atoms. The highest BCUT2D eigenvalue weighted by molar-refractivity contribution is 7.98. The molecule has 6 nitrogen and oxygen atoms in total. The Labute approximate surface area is 167 Å². The summed E-state index contributed by atoms with van der Waals surface area (Å²) in [7, 11) is 0. The zero-order valence-electron chi connectivity index (χ0n) is 15.7. The molecule has 0 saturated heterocycles. The van der Waals surface area contributed by atoms with E-state index < -0.39 is 0 Å². The fourth-order valence-corrected chi connectivity index (χ4v) is 4.55. The second-order valence-corrected chi connectivity index (χ2v) is 8.04. The first-order chi connectivity index (χ1) is 13.6. The third-order valence-corrected chi connectivity index (χ3v) is 6.15. The smallest absolute Gasteiger partial charge is 0.226 e. The van der Waals surface area contributed by atoms with E-state index in [0.29, 0.717) is 18.2 Å². The van der Waals surface area contributed by atoms with E-state index in [1.165, 1.54) is 4.90 Å². The summed E-state index contributed by atoms with van der Waals surface area (Å²) in [4.78, 5) is 19.0. The number of hydrogen-bond acceptors (Lipinski definition) is 6. The van der Waals surface area contributed by atoms with E-state index in [2.05, 4.69) is 45.9 Å². The van der Waals surface area contributed by atoms with E-state index >= 15 is 0 Å². The largest absolute Gasteiger partial charge is 0.469 e. The first-order valence-electron chi connectivity index (χ1n) is 9.28. The average molecular weight is 392 g/mol. The Balaban J connectivity index is 1.61. The summed E-state index contributed by atoms with van der Waals surface area (Å²) < 4.78 is 7.41. The molecule has 1 aliphatic heterocycles. The third-order valence-electron chi connectivity index (χ3n) is 5.40. The highest BCUT2D eigenvalue weighted by Crippen LogP contribution is 2.44. The van der Waals surface area contributed by atoms with Crippen molar-refractivity contribution in [2.24, 2.45) is 0 Å². The van der Waals surface area contributed by atoms with Gasteiger partial charge in [-0.25, -0.2) is 4.68 Å². The van der Waals surface area contributed by atoms with Crippen LogP contribution in [0, 0.1) is 6.92 Å². The van der Waals surface area contributed by atoms with Crippen molar-refractivity contribution in [2.75, 3.05) is 11.6 Å². The number of hydrogen-bond donors (Lipinski definition) is 1. The number of Topliss-reactive ketones (excluding diaryl/α,β-unsaturated/α-hetero) is 1. The molecule has 3 aromatic rings. The van der Waals surface area contributed by atoms with Gasteiger partial charge in [0.25, 0.3) is 0 Å². The van der Waals surface area contributed by atoms with Crippen LogP contribution >= 0.6 is 11.8 Å². The molecule has 0 amide bonds. The summed E-state index contributed by atoms with van der Waals surface area (Å²) >= 11 is 1.70. The molecule has 2 aromatic heterocycles. The Kier molecular flexibility index (Phi) is 4.12. The number of carbonyl (C=O) groups is 1. The van der Waals surface area contributed by atoms with E-state index in [1.807, 2.05) is 23.7 Å². The number of nitrogens with one attached hydrogen (secondary N) is 1. The average Bonchev–Trinajstić information content (AvgIpc) is 3.35. The fourth-order valence-electron chi connectivity index (χ4n) is 4.14. The van der Waals surface area contributed by atoms with E-state index in [9.17, 15) is 4.79 Å². The maximum Gasteiger partial charge on any atom is 0.226 e. The standard InChI is InChI=1S/C21H20N4O2S/c1-12-22-21-23-16-10-14(18-4-3-9-27-18)11-17(26)19(16)20(25(21)24-12)13-5-7-15(28-2)8-6-13/h3-9,14,20H,10-11H2,1-2H3,(H,22,23,24)/t14-,20+/m0/s1. The number of thioether (sulfide) groups is 1. The Bertz CT molecular complexity index is 1070. The molecule has 3 heterocycles. The van der Waals surface area contributed by atoms with Crippen LogP contribution in [0.25, 0.3) is 0 Å². The quantitative estimate of drug-likeness (QED) is 0.670. The molecule has 0 radical (unpaired) electrons. The molecular weight excluding hydrogens is 372 g/mol. The first-order valence-corrected chi connectivity index (χ1v) is 10.5. The van der Waals surface area contributed by atoms with Gasteiger partial charge in [-0.05, 0) is 49.4 Å². The SMILES string of the molecule is CSc1ccc([C@@H]2C3=C(C[C@H](c4ccco4)CC3=O)Nc3nc(C)nn32)cc1. The topological polar surface area (TPSA) is 73.0 Å². The maximum absolute atomic E-state index is 13.3. The lowest BCUT2D eigenvalue weighted by Crippen LogP contribution is -2.33. The summed E-state index contributed by atoms with van der Waals surface area (Å²) in [6, 6.07) is 11.9. The lowest BCUT2D eigenvalue weighted by atomic mass is 9.79. The first kappa shape index (κ1) is 17.3.